The second-order valence-electron chi connectivity index (χ2n) is 12.2. The molecule has 1 atom stereocenters. The Balaban J connectivity index is 1.56. The first kappa shape index (κ1) is 26.9. The van der Waals surface area contributed by atoms with Gasteiger partial charge in [0.25, 0.3) is 0 Å². The standard InChI is InChI=1S/C30H47NO3S2/c32-35(31-36(33,34)27-19-11-4-12-20-27)30-28(24-15-7-2-8-16-24)21-26(23-13-5-1-6-14-23)22-29(30)25-17-9-3-10-18-25/h21-25,27,31H,1-20H2. The normalized spacial score (nSPS) is 25.1. The van der Waals surface area contributed by atoms with Crippen LogP contribution >= 0.6 is 0 Å². The lowest BCUT2D eigenvalue weighted by atomic mass is 9.76. The fourth-order valence-electron chi connectivity index (χ4n) is 7.61. The maximum absolute atomic E-state index is 14.1. The van der Waals surface area contributed by atoms with Crippen molar-refractivity contribution in [2.24, 2.45) is 0 Å². The zero-order valence-corrected chi connectivity index (χ0v) is 23.8. The molecule has 0 heterocycles. The van der Waals surface area contributed by atoms with Gasteiger partial charge in [-0.25, -0.2) is 12.6 Å². The molecule has 0 aromatic heterocycles. The zero-order chi connectivity index (χ0) is 25.0. The van der Waals surface area contributed by atoms with E-state index in [0.29, 0.717) is 30.6 Å². The van der Waals surface area contributed by atoms with E-state index < -0.39 is 26.3 Å². The Morgan fingerprint density at radius 3 is 1.42 bits per heavy atom. The van der Waals surface area contributed by atoms with Crippen LogP contribution in [0, 0.1) is 0 Å². The molecule has 1 aromatic rings. The van der Waals surface area contributed by atoms with Gasteiger partial charge >= 0.3 is 0 Å². The van der Waals surface area contributed by atoms with Crippen molar-refractivity contribution in [3.63, 3.8) is 0 Å². The highest BCUT2D eigenvalue weighted by Crippen LogP contribution is 2.45. The van der Waals surface area contributed by atoms with E-state index in [1.165, 1.54) is 87.3 Å². The van der Waals surface area contributed by atoms with Crippen LogP contribution in [0.15, 0.2) is 17.0 Å². The van der Waals surface area contributed by atoms with Crippen molar-refractivity contribution >= 4 is 21.0 Å². The summed E-state index contributed by atoms with van der Waals surface area (Å²) in [4.78, 5) is 0.854. The van der Waals surface area contributed by atoms with Crippen LogP contribution in [0.3, 0.4) is 0 Å². The van der Waals surface area contributed by atoms with Crippen LogP contribution in [0.25, 0.3) is 0 Å². The van der Waals surface area contributed by atoms with E-state index in [4.69, 9.17) is 0 Å². The molecule has 1 N–H and O–H groups in total. The summed E-state index contributed by atoms with van der Waals surface area (Å²) in [5.41, 5.74) is 3.90. The Hall–Kier alpha value is -0.720. The fourth-order valence-corrected chi connectivity index (χ4v) is 11.2. The van der Waals surface area contributed by atoms with Gasteiger partial charge in [0.1, 0.15) is 11.0 Å². The van der Waals surface area contributed by atoms with Gasteiger partial charge < -0.3 is 0 Å². The third-order valence-corrected chi connectivity index (χ3v) is 13.4. The van der Waals surface area contributed by atoms with Gasteiger partial charge in [-0.15, -0.1) is 4.13 Å². The summed E-state index contributed by atoms with van der Waals surface area (Å²) < 4.78 is 43.6. The number of hydrogen-bond donors (Lipinski definition) is 1. The smallest absolute Gasteiger partial charge is 0.225 e. The molecule has 1 aromatic carbocycles. The predicted octanol–water partition coefficient (Wildman–Crippen LogP) is 8.10. The Labute approximate surface area is 222 Å². The molecule has 4 aliphatic rings. The molecule has 0 radical (unpaired) electrons. The van der Waals surface area contributed by atoms with Crippen molar-refractivity contribution < 1.29 is 12.6 Å². The molecule has 4 saturated carbocycles. The fraction of sp³-hybridized carbons (Fsp3) is 0.800. The van der Waals surface area contributed by atoms with Crippen molar-refractivity contribution in [3.8, 4) is 0 Å². The average molecular weight is 534 g/mol. The topological polar surface area (TPSA) is 63.2 Å². The zero-order valence-electron chi connectivity index (χ0n) is 22.1. The molecule has 36 heavy (non-hydrogen) atoms. The van der Waals surface area contributed by atoms with Crippen LogP contribution < -0.4 is 4.13 Å². The number of hydrogen-bond acceptors (Lipinski definition) is 3. The quantitative estimate of drug-likeness (QED) is 0.385. The third-order valence-electron chi connectivity index (χ3n) is 9.70. The lowest BCUT2D eigenvalue weighted by Gasteiger charge is -2.32. The predicted molar refractivity (Wildman–Crippen MR) is 149 cm³/mol. The van der Waals surface area contributed by atoms with E-state index in [-0.39, 0.29) is 0 Å². The van der Waals surface area contributed by atoms with E-state index in [9.17, 15) is 12.6 Å². The maximum Gasteiger partial charge on any atom is 0.225 e. The summed E-state index contributed by atoms with van der Waals surface area (Å²) in [5, 5.41) is -0.395. The first-order valence-corrected chi connectivity index (χ1v) is 17.8. The van der Waals surface area contributed by atoms with E-state index in [1.54, 1.807) is 0 Å². The van der Waals surface area contributed by atoms with Gasteiger partial charge in [-0.3, -0.25) is 0 Å². The minimum absolute atomic E-state index is 0.395. The van der Waals surface area contributed by atoms with Gasteiger partial charge in [0.2, 0.25) is 10.0 Å². The third kappa shape index (κ3) is 6.29. The van der Waals surface area contributed by atoms with Gasteiger partial charge in [-0.05, 0) is 85.8 Å². The van der Waals surface area contributed by atoms with Crippen LogP contribution in [0.2, 0.25) is 0 Å². The molecule has 0 amide bonds. The lowest BCUT2D eigenvalue weighted by molar-refractivity contribution is 0.420. The highest BCUT2D eigenvalue weighted by Gasteiger charge is 2.34. The highest BCUT2D eigenvalue weighted by molar-refractivity contribution is 8.02. The van der Waals surface area contributed by atoms with Crippen LogP contribution in [0.4, 0.5) is 0 Å². The molecule has 0 saturated heterocycles. The molecule has 5 rings (SSSR count). The molecular weight excluding hydrogens is 486 g/mol. The van der Waals surface area contributed by atoms with Crippen molar-refractivity contribution in [1.82, 2.24) is 4.13 Å². The van der Waals surface area contributed by atoms with Gasteiger partial charge in [0.05, 0.1) is 10.1 Å². The van der Waals surface area contributed by atoms with Gasteiger partial charge in [0.15, 0.2) is 0 Å². The van der Waals surface area contributed by atoms with E-state index in [2.05, 4.69) is 16.3 Å². The maximum atomic E-state index is 14.1. The number of sulfonamides is 1. The van der Waals surface area contributed by atoms with E-state index in [1.807, 2.05) is 0 Å². The number of rotatable bonds is 7. The van der Waals surface area contributed by atoms with Crippen LogP contribution in [0.5, 0.6) is 0 Å². The SMILES string of the molecule is O=S(NS(=O)(=O)C1CCCCC1)c1c(C2CCCCC2)cc(C2CCCCC2)cc1C1CCCCC1. The molecule has 0 aliphatic heterocycles. The van der Waals surface area contributed by atoms with E-state index >= 15 is 0 Å². The van der Waals surface area contributed by atoms with Gasteiger partial charge in [0, 0.05) is 0 Å². The van der Waals surface area contributed by atoms with Crippen LogP contribution in [-0.2, 0) is 21.0 Å². The lowest BCUT2D eigenvalue weighted by Crippen LogP contribution is -2.37. The van der Waals surface area contributed by atoms with Gasteiger partial charge in [-0.2, -0.15) is 0 Å². The molecule has 4 nitrogen and oxygen atoms in total. The Morgan fingerprint density at radius 1 is 0.583 bits per heavy atom. The minimum atomic E-state index is -3.61. The number of benzene rings is 1. The molecule has 0 bridgehead atoms. The molecule has 1 unspecified atom stereocenters. The Morgan fingerprint density at radius 2 is 0.972 bits per heavy atom. The largest absolute Gasteiger partial charge is 0.237 e. The minimum Gasteiger partial charge on any atom is -0.237 e. The van der Waals surface area contributed by atoms with Crippen molar-refractivity contribution in [2.75, 3.05) is 0 Å². The summed E-state index contributed by atoms with van der Waals surface area (Å²) in [7, 11) is -5.34. The Bertz CT molecular complexity index is 958. The second kappa shape index (κ2) is 12.4. The first-order chi connectivity index (χ1) is 17.5. The van der Waals surface area contributed by atoms with Crippen molar-refractivity contribution in [3.05, 3.63) is 28.8 Å². The monoisotopic (exact) mass is 533 g/mol. The molecule has 4 fully saturated rings. The summed E-state index contributed by atoms with van der Waals surface area (Å²) in [6, 6.07) is 4.78. The molecule has 202 valence electrons. The summed E-state index contributed by atoms with van der Waals surface area (Å²) in [6.45, 7) is 0. The number of nitrogens with one attached hydrogen (secondary N) is 1. The van der Waals surface area contributed by atoms with Crippen LogP contribution in [0.1, 0.15) is 163 Å². The van der Waals surface area contributed by atoms with Crippen LogP contribution in [-0.4, -0.2) is 17.9 Å². The highest BCUT2D eigenvalue weighted by atomic mass is 32.3. The molecular formula is C30H47NO3S2. The first-order valence-electron chi connectivity index (χ1n) is 15.1. The van der Waals surface area contributed by atoms with Crippen molar-refractivity contribution in [2.45, 2.75) is 156 Å². The van der Waals surface area contributed by atoms with Crippen molar-refractivity contribution in [1.29, 1.82) is 0 Å². The summed E-state index contributed by atoms with van der Waals surface area (Å²) in [5.74, 6) is 1.41. The average Bonchev–Trinajstić information content (AvgIpc) is 2.94. The summed E-state index contributed by atoms with van der Waals surface area (Å²) in [6.07, 6.45) is 22.8. The Kier molecular flexibility index (Phi) is 9.27. The van der Waals surface area contributed by atoms with Gasteiger partial charge in [-0.1, -0.05) is 89.2 Å². The second-order valence-corrected chi connectivity index (χ2v) is 15.6. The van der Waals surface area contributed by atoms with E-state index in [0.717, 1.165) is 49.8 Å². The molecule has 6 heteroatoms. The summed E-state index contributed by atoms with van der Waals surface area (Å²) >= 11 is 0. The molecule has 0 spiro atoms. The molecule has 4 aliphatic carbocycles.